The van der Waals surface area contributed by atoms with Gasteiger partial charge in [0.1, 0.15) is 11.2 Å². The molecule has 9 aromatic rings. The molecule has 0 aliphatic rings. The van der Waals surface area contributed by atoms with E-state index in [1.165, 1.54) is 0 Å². The van der Waals surface area contributed by atoms with Crippen molar-refractivity contribution < 1.29 is 25.0 Å². The minimum absolute atomic E-state index is 0.0596. The molecule has 0 unspecified atom stereocenters. The van der Waals surface area contributed by atoms with Crippen LogP contribution in [0.4, 0.5) is 0 Å². The van der Waals surface area contributed by atoms with Crippen LogP contribution < -0.4 is 0 Å². The predicted molar refractivity (Wildman–Crippen MR) is 183 cm³/mol. The molecular formula is C42H26O. The first-order valence-corrected chi connectivity index (χ1v) is 13.6. The Balaban J connectivity index is 1.59. The lowest BCUT2D eigenvalue weighted by Gasteiger charge is -2.20. The molecule has 200 valence electrons. The summed E-state index contributed by atoms with van der Waals surface area (Å²) in [6, 6.07) is 11.0. The third kappa shape index (κ3) is 3.65. The summed E-state index contributed by atoms with van der Waals surface area (Å²) in [6.45, 7) is 0. The zero-order valence-corrected chi connectivity index (χ0v) is 22.3. The van der Waals surface area contributed by atoms with E-state index in [1.54, 1.807) is 18.2 Å². The summed E-state index contributed by atoms with van der Waals surface area (Å²) >= 11 is 0. The van der Waals surface area contributed by atoms with E-state index >= 15 is 0 Å². The number of hydrogen-bond donors (Lipinski definition) is 0. The Morgan fingerprint density at radius 1 is 0.395 bits per heavy atom. The first-order valence-electron chi connectivity index (χ1n) is 21.1. The first kappa shape index (κ1) is 13.5. The fraction of sp³-hybridized carbons (Fsp3) is 0. The van der Waals surface area contributed by atoms with Gasteiger partial charge in [-0.3, -0.25) is 0 Å². The van der Waals surface area contributed by atoms with Crippen molar-refractivity contribution in [3.63, 3.8) is 0 Å². The van der Waals surface area contributed by atoms with Crippen LogP contribution in [-0.2, 0) is 0 Å². The fourth-order valence-electron chi connectivity index (χ4n) is 5.97. The first-order chi connectivity index (χ1) is 27.6. The maximum absolute atomic E-state index is 9.64. The van der Waals surface area contributed by atoms with E-state index in [4.69, 9.17) is 16.8 Å². The van der Waals surface area contributed by atoms with Gasteiger partial charge in [0.25, 0.3) is 0 Å². The molecule has 0 amide bonds. The SMILES string of the molecule is [2H]c1c([2H])c([2H])c2c(oc3c([2H])c([2H])c(-c4c5c([2H])c([2H])c([2H])c([2H])c5c(-c5ccccc5-c5cccc6ccccc56)c5c([2H])c([2H])c([2H])c([2H])c45)c([2H])c32)c1[2H]. The third-order valence-electron chi connectivity index (χ3n) is 7.79. The van der Waals surface area contributed by atoms with Crippen molar-refractivity contribution in [2.75, 3.05) is 0 Å². The highest BCUT2D eigenvalue weighted by atomic mass is 16.3. The molecular weight excluding hydrogens is 520 g/mol. The van der Waals surface area contributed by atoms with E-state index in [0.717, 1.165) is 16.3 Å². The fourth-order valence-corrected chi connectivity index (χ4v) is 5.97. The molecule has 0 spiro atoms. The van der Waals surface area contributed by atoms with Gasteiger partial charge in [0.2, 0.25) is 0 Å². The number of furan rings is 1. The zero-order chi connectivity index (χ0) is 41.4. The zero-order valence-electron chi connectivity index (χ0n) is 37.3. The quantitative estimate of drug-likeness (QED) is 0.196. The van der Waals surface area contributed by atoms with E-state index in [1.807, 2.05) is 48.5 Å². The lowest BCUT2D eigenvalue weighted by Crippen LogP contribution is -1.93. The molecule has 8 aromatic carbocycles. The lowest BCUT2D eigenvalue weighted by molar-refractivity contribution is 0.669. The maximum atomic E-state index is 9.64. The van der Waals surface area contributed by atoms with E-state index in [-0.39, 0.29) is 54.6 Å². The average Bonchev–Trinajstić information content (AvgIpc) is 3.64. The van der Waals surface area contributed by atoms with Gasteiger partial charge in [0.15, 0.2) is 0 Å². The lowest BCUT2D eigenvalue weighted by atomic mass is 9.83. The molecule has 0 bridgehead atoms. The smallest absolute Gasteiger partial charge is 0.135 e. The van der Waals surface area contributed by atoms with Crippen LogP contribution in [0.5, 0.6) is 0 Å². The van der Waals surface area contributed by atoms with Gasteiger partial charge < -0.3 is 4.42 Å². The Bertz CT molecular complexity index is 3270. The number of fused-ring (bicyclic) bond motifs is 6. The van der Waals surface area contributed by atoms with Gasteiger partial charge in [0.05, 0.1) is 20.6 Å². The van der Waals surface area contributed by atoms with Gasteiger partial charge in [-0.2, -0.15) is 0 Å². The average molecular weight is 562 g/mol. The molecule has 0 fully saturated rings. The Morgan fingerprint density at radius 3 is 1.72 bits per heavy atom. The topological polar surface area (TPSA) is 13.1 Å². The van der Waals surface area contributed by atoms with Crippen LogP contribution in [0.2, 0.25) is 0 Å². The maximum Gasteiger partial charge on any atom is 0.135 e. The van der Waals surface area contributed by atoms with E-state index in [2.05, 4.69) is 0 Å². The van der Waals surface area contributed by atoms with Crippen LogP contribution in [0.25, 0.3) is 87.6 Å². The molecule has 0 radical (unpaired) electrons. The Hall–Kier alpha value is -5.66. The van der Waals surface area contributed by atoms with Crippen LogP contribution in [0, 0.1) is 0 Å². The van der Waals surface area contributed by atoms with Crippen LogP contribution >= 0.6 is 0 Å². The van der Waals surface area contributed by atoms with Crippen molar-refractivity contribution in [3.05, 3.63) is 157 Å². The molecule has 1 heteroatoms. The molecule has 0 aliphatic carbocycles. The monoisotopic (exact) mass is 561 g/mol. The standard InChI is InChI=1S/C42H26O/c1-2-14-29-27(12-1)13-11-22-30(29)31-15-3-4-17-33(31)42-36-20-7-5-18-34(36)41(35-19-6-8-21-37(35)42)28-24-25-40-38(26-28)32-16-9-10-23-39(32)43-40/h1-26H/i5D,6D,7D,8D,9D,10D,16D,18D,19D,20D,21D,23D,24D,25D,26D. The molecule has 0 saturated carbocycles. The summed E-state index contributed by atoms with van der Waals surface area (Å²) in [5.74, 6) is 0. The summed E-state index contributed by atoms with van der Waals surface area (Å²) in [4.78, 5) is 0. The summed E-state index contributed by atoms with van der Waals surface area (Å²) in [7, 11) is 0. The molecule has 1 aromatic heterocycles. The molecule has 0 saturated heterocycles. The van der Waals surface area contributed by atoms with Crippen molar-refractivity contribution in [1.82, 2.24) is 0 Å². The Labute approximate surface area is 270 Å². The summed E-state index contributed by atoms with van der Waals surface area (Å²) in [5, 5.41) is 0.374. The number of para-hydroxylation sites is 1. The van der Waals surface area contributed by atoms with Crippen LogP contribution in [0.15, 0.2) is 162 Å². The second-order valence-electron chi connectivity index (χ2n) is 10.1. The van der Waals surface area contributed by atoms with Crippen LogP contribution in [0.3, 0.4) is 0 Å². The second kappa shape index (κ2) is 9.44. The van der Waals surface area contributed by atoms with Crippen molar-refractivity contribution in [1.29, 1.82) is 0 Å². The Morgan fingerprint density at radius 2 is 0.953 bits per heavy atom. The van der Waals surface area contributed by atoms with Crippen LogP contribution in [0.1, 0.15) is 20.6 Å². The largest absolute Gasteiger partial charge is 0.456 e. The minimum Gasteiger partial charge on any atom is -0.456 e. The van der Waals surface area contributed by atoms with E-state index in [0.29, 0.717) is 11.1 Å². The van der Waals surface area contributed by atoms with Gasteiger partial charge in [-0.1, -0.05) is 139 Å². The van der Waals surface area contributed by atoms with Gasteiger partial charge in [-0.15, -0.1) is 0 Å². The van der Waals surface area contributed by atoms with Crippen molar-refractivity contribution in [2.24, 2.45) is 0 Å². The second-order valence-corrected chi connectivity index (χ2v) is 10.1. The van der Waals surface area contributed by atoms with Gasteiger partial charge in [-0.25, -0.2) is 0 Å². The van der Waals surface area contributed by atoms with Crippen molar-refractivity contribution in [2.45, 2.75) is 0 Å². The summed E-state index contributed by atoms with van der Waals surface area (Å²) in [6.07, 6.45) is 0. The number of hydrogen-bond acceptors (Lipinski definition) is 1. The van der Waals surface area contributed by atoms with Gasteiger partial charge >= 0.3 is 0 Å². The molecule has 1 heterocycles. The highest BCUT2D eigenvalue weighted by Crippen LogP contribution is 2.47. The Kier molecular flexibility index (Phi) is 2.97. The third-order valence-corrected chi connectivity index (χ3v) is 7.79. The number of rotatable bonds is 3. The summed E-state index contributed by atoms with van der Waals surface area (Å²) < 4.78 is 141. The molecule has 43 heavy (non-hydrogen) atoms. The molecule has 0 aliphatic heterocycles. The molecule has 0 N–H and O–H groups in total. The van der Waals surface area contributed by atoms with Crippen molar-refractivity contribution in [3.8, 4) is 33.4 Å². The van der Waals surface area contributed by atoms with Crippen LogP contribution in [-0.4, -0.2) is 0 Å². The normalized spacial score (nSPS) is 16.6. The molecule has 9 rings (SSSR count). The van der Waals surface area contributed by atoms with Gasteiger partial charge in [0, 0.05) is 10.8 Å². The summed E-state index contributed by atoms with van der Waals surface area (Å²) in [5.41, 5.74) is 0.222. The van der Waals surface area contributed by atoms with Gasteiger partial charge in [-0.05, 0) is 83.8 Å². The van der Waals surface area contributed by atoms with E-state index in [9.17, 15) is 8.22 Å². The highest BCUT2D eigenvalue weighted by Gasteiger charge is 2.20. The number of benzene rings is 8. The molecule has 1 nitrogen and oxygen atoms in total. The minimum atomic E-state index is -0.696. The van der Waals surface area contributed by atoms with Crippen molar-refractivity contribution >= 4 is 54.3 Å². The highest BCUT2D eigenvalue weighted by molar-refractivity contribution is 6.23. The molecule has 0 atom stereocenters. The predicted octanol–water partition coefficient (Wildman–Crippen LogP) is 12.0. The van der Waals surface area contributed by atoms with E-state index < -0.39 is 96.2 Å².